The number of aryl methyl sites for hydroxylation is 2. The zero-order chi connectivity index (χ0) is 18.5. The highest BCUT2D eigenvalue weighted by Gasteiger charge is 2.02. The third-order valence-corrected chi connectivity index (χ3v) is 3.75. The van der Waals surface area contributed by atoms with Gasteiger partial charge in [-0.15, -0.1) is 0 Å². The molecule has 0 heterocycles. The predicted octanol–water partition coefficient (Wildman–Crippen LogP) is 3.89. The van der Waals surface area contributed by atoms with E-state index in [1.54, 1.807) is 0 Å². The maximum atomic E-state index is 11.6. The molecule has 0 aliphatic heterocycles. The first-order valence-corrected chi connectivity index (χ1v) is 8.83. The number of esters is 2. The van der Waals surface area contributed by atoms with E-state index in [-0.39, 0.29) is 0 Å². The van der Waals surface area contributed by atoms with Crippen molar-refractivity contribution < 1.29 is 19.1 Å². The molecule has 136 valence electrons. The van der Waals surface area contributed by atoms with Crippen molar-refractivity contribution in [3.05, 3.63) is 83.9 Å². The van der Waals surface area contributed by atoms with E-state index < -0.39 is 11.9 Å². The molecule has 4 nitrogen and oxygen atoms in total. The van der Waals surface area contributed by atoms with Crippen LogP contribution < -0.4 is 0 Å². The van der Waals surface area contributed by atoms with E-state index in [1.165, 1.54) is 11.1 Å². The quantitative estimate of drug-likeness (QED) is 0.370. The van der Waals surface area contributed by atoms with Gasteiger partial charge in [-0.1, -0.05) is 60.7 Å². The molecule has 0 unspecified atom stereocenters. The van der Waals surface area contributed by atoms with E-state index in [4.69, 9.17) is 9.47 Å². The lowest BCUT2D eigenvalue weighted by Crippen LogP contribution is -2.07. The van der Waals surface area contributed by atoms with Crippen LogP contribution in [0.1, 0.15) is 24.0 Å². The van der Waals surface area contributed by atoms with Gasteiger partial charge in [0.1, 0.15) is 0 Å². The number of carbonyl (C=O) groups excluding carboxylic acids is 2. The fourth-order valence-corrected chi connectivity index (χ4v) is 2.42. The van der Waals surface area contributed by atoms with Gasteiger partial charge in [-0.25, -0.2) is 9.59 Å². The molecule has 2 aromatic rings. The summed E-state index contributed by atoms with van der Waals surface area (Å²) in [5.41, 5.74) is 2.41. The van der Waals surface area contributed by atoms with Gasteiger partial charge >= 0.3 is 11.9 Å². The fourth-order valence-electron chi connectivity index (χ4n) is 2.42. The van der Waals surface area contributed by atoms with Crippen LogP contribution in [0.25, 0.3) is 0 Å². The molecule has 0 fully saturated rings. The maximum Gasteiger partial charge on any atom is 0.331 e. The minimum atomic E-state index is -0.528. The molecular formula is C22H24O4. The Labute approximate surface area is 154 Å². The van der Waals surface area contributed by atoms with Crippen molar-refractivity contribution in [2.45, 2.75) is 25.7 Å². The second kappa shape index (κ2) is 11.6. The molecule has 4 heteroatoms. The van der Waals surface area contributed by atoms with Gasteiger partial charge in [-0.3, -0.25) is 0 Å². The highest BCUT2D eigenvalue weighted by molar-refractivity contribution is 5.91. The molecule has 0 saturated carbocycles. The lowest BCUT2D eigenvalue weighted by atomic mass is 10.1. The first-order valence-electron chi connectivity index (χ1n) is 8.83. The lowest BCUT2D eigenvalue weighted by Gasteiger charge is -2.03. The summed E-state index contributed by atoms with van der Waals surface area (Å²) in [4.78, 5) is 23.1. The van der Waals surface area contributed by atoms with Gasteiger partial charge in [0.15, 0.2) is 0 Å². The van der Waals surface area contributed by atoms with Crippen molar-refractivity contribution >= 4 is 11.9 Å². The van der Waals surface area contributed by atoms with Gasteiger partial charge in [0.2, 0.25) is 0 Å². The van der Waals surface area contributed by atoms with Crippen LogP contribution in [0.2, 0.25) is 0 Å². The van der Waals surface area contributed by atoms with Crippen LogP contribution in [0.15, 0.2) is 72.8 Å². The Kier molecular flexibility index (Phi) is 8.70. The third-order valence-electron chi connectivity index (χ3n) is 3.75. The molecular weight excluding hydrogens is 328 g/mol. The van der Waals surface area contributed by atoms with Gasteiger partial charge < -0.3 is 9.47 Å². The molecule has 2 aromatic carbocycles. The van der Waals surface area contributed by atoms with Gasteiger partial charge in [-0.05, 0) is 36.8 Å². The summed E-state index contributed by atoms with van der Waals surface area (Å²) in [5, 5.41) is 0. The largest absolute Gasteiger partial charge is 0.463 e. The molecule has 0 atom stereocenters. The fraction of sp³-hybridized carbons (Fsp3) is 0.273. The van der Waals surface area contributed by atoms with Crippen LogP contribution in [0.5, 0.6) is 0 Å². The zero-order valence-electron chi connectivity index (χ0n) is 14.8. The molecule has 0 spiro atoms. The van der Waals surface area contributed by atoms with Crippen LogP contribution in [0, 0.1) is 0 Å². The molecule has 0 saturated heterocycles. The van der Waals surface area contributed by atoms with Gasteiger partial charge in [0.05, 0.1) is 13.2 Å². The normalized spacial score (nSPS) is 10.6. The zero-order valence-corrected chi connectivity index (χ0v) is 14.8. The second-order valence-corrected chi connectivity index (χ2v) is 5.85. The third kappa shape index (κ3) is 8.29. The molecule has 0 amide bonds. The minimum absolute atomic E-state index is 0.324. The van der Waals surface area contributed by atoms with Crippen molar-refractivity contribution in [2.75, 3.05) is 13.2 Å². The monoisotopic (exact) mass is 352 g/mol. The molecule has 0 aliphatic rings. The lowest BCUT2D eigenvalue weighted by molar-refractivity contribution is -0.140. The molecule has 0 N–H and O–H groups in total. The smallest absolute Gasteiger partial charge is 0.331 e. The standard InChI is InChI=1S/C22H24O4/c23-21(25-17-7-13-19-9-3-1-4-10-19)15-16-22(24)26-18-8-14-20-11-5-2-6-12-20/h1-6,9-12,15-16H,7-8,13-14,17-18H2/b16-15-. The van der Waals surface area contributed by atoms with E-state index in [2.05, 4.69) is 0 Å². The average molecular weight is 352 g/mol. The first-order chi connectivity index (χ1) is 12.7. The predicted molar refractivity (Wildman–Crippen MR) is 101 cm³/mol. The molecule has 26 heavy (non-hydrogen) atoms. The van der Waals surface area contributed by atoms with E-state index in [1.807, 2.05) is 60.7 Å². The summed E-state index contributed by atoms with van der Waals surface area (Å²) in [7, 11) is 0. The van der Waals surface area contributed by atoms with Crippen LogP contribution >= 0.6 is 0 Å². The molecule has 2 rings (SSSR count). The van der Waals surface area contributed by atoms with E-state index in [0.29, 0.717) is 13.2 Å². The highest BCUT2D eigenvalue weighted by Crippen LogP contribution is 2.03. The van der Waals surface area contributed by atoms with Crippen molar-refractivity contribution in [1.29, 1.82) is 0 Å². The van der Waals surface area contributed by atoms with Crippen molar-refractivity contribution in [3.8, 4) is 0 Å². The van der Waals surface area contributed by atoms with Crippen LogP contribution in [-0.4, -0.2) is 25.2 Å². The highest BCUT2D eigenvalue weighted by atomic mass is 16.5. The summed E-state index contributed by atoms with van der Waals surface area (Å²) in [5.74, 6) is -1.06. The van der Waals surface area contributed by atoms with Gasteiger partial charge in [-0.2, -0.15) is 0 Å². The van der Waals surface area contributed by atoms with E-state index >= 15 is 0 Å². The Hall–Kier alpha value is -2.88. The molecule has 0 bridgehead atoms. The Morgan fingerprint density at radius 2 is 1.04 bits per heavy atom. The summed E-state index contributed by atoms with van der Waals surface area (Å²) in [6.07, 6.45) is 5.41. The van der Waals surface area contributed by atoms with E-state index in [9.17, 15) is 9.59 Å². The molecule has 0 radical (unpaired) electrons. The summed E-state index contributed by atoms with van der Waals surface area (Å²) in [6, 6.07) is 20.0. The van der Waals surface area contributed by atoms with Crippen LogP contribution in [0.4, 0.5) is 0 Å². The van der Waals surface area contributed by atoms with Crippen molar-refractivity contribution in [2.24, 2.45) is 0 Å². The van der Waals surface area contributed by atoms with Crippen LogP contribution in [-0.2, 0) is 31.9 Å². The second-order valence-electron chi connectivity index (χ2n) is 5.85. The first kappa shape index (κ1) is 19.4. The minimum Gasteiger partial charge on any atom is -0.463 e. The number of hydrogen-bond acceptors (Lipinski definition) is 4. The van der Waals surface area contributed by atoms with Gasteiger partial charge in [0.25, 0.3) is 0 Å². The number of benzene rings is 2. The summed E-state index contributed by atoms with van der Waals surface area (Å²) in [6.45, 7) is 0.647. The molecule has 0 aliphatic carbocycles. The summed E-state index contributed by atoms with van der Waals surface area (Å²) >= 11 is 0. The number of carbonyl (C=O) groups is 2. The van der Waals surface area contributed by atoms with E-state index in [0.717, 1.165) is 37.8 Å². The topological polar surface area (TPSA) is 52.6 Å². The Bertz CT molecular complexity index is 631. The van der Waals surface area contributed by atoms with Crippen molar-refractivity contribution in [1.82, 2.24) is 0 Å². The maximum absolute atomic E-state index is 11.6. The Morgan fingerprint density at radius 3 is 1.42 bits per heavy atom. The SMILES string of the molecule is O=C(/C=C\C(=O)OCCCc1ccccc1)OCCCc1ccccc1. The average Bonchev–Trinajstić information content (AvgIpc) is 2.68. The summed E-state index contributed by atoms with van der Waals surface area (Å²) < 4.78 is 10.1. The molecule has 0 aromatic heterocycles. The van der Waals surface area contributed by atoms with Gasteiger partial charge in [0, 0.05) is 12.2 Å². The number of ether oxygens (including phenoxy) is 2. The van der Waals surface area contributed by atoms with Crippen molar-refractivity contribution in [3.63, 3.8) is 0 Å². The number of hydrogen-bond donors (Lipinski definition) is 0. The number of rotatable bonds is 10. The van der Waals surface area contributed by atoms with Crippen LogP contribution in [0.3, 0.4) is 0 Å². The Balaban J connectivity index is 1.53. The Morgan fingerprint density at radius 1 is 0.654 bits per heavy atom.